The van der Waals surface area contributed by atoms with Crippen LogP contribution in [0.1, 0.15) is 57.9 Å². The Morgan fingerprint density at radius 3 is 2.42 bits per heavy atom. The molecule has 0 aliphatic rings. The smallest absolute Gasteiger partial charge is 0.139 e. The summed E-state index contributed by atoms with van der Waals surface area (Å²) in [7, 11) is 0. The number of imidazole rings is 1. The first-order valence-electron chi connectivity index (χ1n) is 11.4. The van der Waals surface area contributed by atoms with Crippen LogP contribution in [0.2, 0.25) is 0 Å². The van der Waals surface area contributed by atoms with E-state index in [4.69, 9.17) is 4.98 Å². The van der Waals surface area contributed by atoms with Gasteiger partial charge in [-0.2, -0.15) is 0 Å². The SMILES string of the molecule is Cc1cccnc1C#Cc1ccccc1-c1nc2ccccn2c1NC(C)(C)CC(C)(C)C. The summed E-state index contributed by atoms with van der Waals surface area (Å²) in [5.74, 6) is 7.60. The average Bonchev–Trinajstić information content (AvgIpc) is 3.09. The molecule has 0 atom stereocenters. The van der Waals surface area contributed by atoms with Crippen LogP contribution in [0.3, 0.4) is 0 Å². The van der Waals surface area contributed by atoms with Crippen molar-refractivity contribution in [3.05, 3.63) is 83.8 Å². The minimum atomic E-state index is -0.121. The van der Waals surface area contributed by atoms with Crippen LogP contribution in [0, 0.1) is 24.2 Å². The van der Waals surface area contributed by atoms with Crippen LogP contribution in [-0.4, -0.2) is 19.9 Å². The molecule has 0 spiro atoms. The normalized spacial score (nSPS) is 11.8. The number of fused-ring (bicyclic) bond motifs is 1. The Kier molecular flexibility index (Phi) is 5.99. The Morgan fingerprint density at radius 1 is 0.909 bits per heavy atom. The Morgan fingerprint density at radius 2 is 1.67 bits per heavy atom. The summed E-state index contributed by atoms with van der Waals surface area (Å²) in [4.78, 5) is 9.44. The van der Waals surface area contributed by atoms with Crippen LogP contribution < -0.4 is 5.32 Å². The first kappa shape index (κ1) is 22.6. The van der Waals surface area contributed by atoms with Crippen LogP contribution in [0.4, 0.5) is 5.82 Å². The van der Waals surface area contributed by atoms with Gasteiger partial charge in [-0.3, -0.25) is 4.40 Å². The van der Waals surface area contributed by atoms with E-state index in [2.05, 4.69) is 79.5 Å². The highest BCUT2D eigenvalue weighted by molar-refractivity contribution is 5.81. The summed E-state index contributed by atoms with van der Waals surface area (Å²) in [5, 5.41) is 3.81. The Balaban J connectivity index is 1.84. The number of anilines is 1. The molecule has 0 aliphatic heterocycles. The second-order valence-electron chi connectivity index (χ2n) is 10.4. The number of rotatable bonds is 4. The van der Waals surface area contributed by atoms with Crippen LogP contribution in [0.5, 0.6) is 0 Å². The van der Waals surface area contributed by atoms with E-state index < -0.39 is 0 Å². The van der Waals surface area contributed by atoms with E-state index in [9.17, 15) is 0 Å². The van der Waals surface area contributed by atoms with Gasteiger partial charge in [-0.25, -0.2) is 9.97 Å². The fraction of sp³-hybridized carbons (Fsp3) is 0.310. The molecule has 3 aromatic heterocycles. The zero-order chi connectivity index (χ0) is 23.6. The summed E-state index contributed by atoms with van der Waals surface area (Å²) >= 11 is 0. The van der Waals surface area contributed by atoms with E-state index in [-0.39, 0.29) is 11.0 Å². The van der Waals surface area contributed by atoms with Gasteiger partial charge in [-0.05, 0) is 68.4 Å². The number of aromatic nitrogens is 3. The Labute approximate surface area is 197 Å². The number of aryl methyl sites for hydroxylation is 1. The van der Waals surface area contributed by atoms with Crippen molar-refractivity contribution in [1.29, 1.82) is 0 Å². The fourth-order valence-corrected chi connectivity index (χ4v) is 4.54. The van der Waals surface area contributed by atoms with Gasteiger partial charge < -0.3 is 5.32 Å². The standard InChI is InChI=1S/C29H32N4/c1-21-12-11-18-30-24(21)17-16-22-13-7-8-14-23(22)26-27(32-29(5,6)20-28(2,3)4)33-19-10-9-15-25(33)31-26/h7-15,18-19,32H,20H2,1-6H3. The molecule has 0 fully saturated rings. The number of nitrogens with one attached hydrogen (secondary N) is 1. The second-order valence-corrected chi connectivity index (χ2v) is 10.4. The molecule has 168 valence electrons. The van der Waals surface area contributed by atoms with Crippen molar-refractivity contribution in [2.24, 2.45) is 5.41 Å². The summed E-state index contributed by atoms with van der Waals surface area (Å²) in [5.41, 5.74) is 5.70. The lowest BCUT2D eigenvalue weighted by molar-refractivity contribution is 0.302. The van der Waals surface area contributed by atoms with E-state index >= 15 is 0 Å². The van der Waals surface area contributed by atoms with E-state index in [1.165, 1.54) is 0 Å². The summed E-state index contributed by atoms with van der Waals surface area (Å²) in [6.45, 7) is 13.4. The van der Waals surface area contributed by atoms with Crippen molar-refractivity contribution in [2.75, 3.05) is 5.32 Å². The van der Waals surface area contributed by atoms with Crippen molar-refractivity contribution in [3.8, 4) is 23.1 Å². The first-order chi connectivity index (χ1) is 15.6. The third-order valence-corrected chi connectivity index (χ3v) is 5.47. The van der Waals surface area contributed by atoms with Gasteiger partial charge in [0.1, 0.15) is 22.9 Å². The maximum absolute atomic E-state index is 5.01. The maximum atomic E-state index is 5.01. The lowest BCUT2D eigenvalue weighted by atomic mass is 9.82. The third-order valence-electron chi connectivity index (χ3n) is 5.47. The minimum absolute atomic E-state index is 0.121. The van der Waals surface area contributed by atoms with E-state index in [0.717, 1.165) is 46.0 Å². The molecule has 0 bridgehead atoms. The van der Waals surface area contributed by atoms with Crippen molar-refractivity contribution in [2.45, 2.75) is 53.5 Å². The van der Waals surface area contributed by atoms with Crippen LogP contribution in [0.25, 0.3) is 16.9 Å². The fourth-order valence-electron chi connectivity index (χ4n) is 4.54. The molecule has 33 heavy (non-hydrogen) atoms. The Hall–Kier alpha value is -3.58. The third kappa shape index (κ3) is 5.26. The largest absolute Gasteiger partial charge is 0.364 e. The molecule has 0 aliphatic carbocycles. The predicted molar refractivity (Wildman–Crippen MR) is 137 cm³/mol. The zero-order valence-electron chi connectivity index (χ0n) is 20.4. The molecule has 4 aromatic rings. The van der Waals surface area contributed by atoms with Crippen molar-refractivity contribution >= 4 is 11.5 Å². The van der Waals surface area contributed by atoms with Gasteiger partial charge in [-0.15, -0.1) is 0 Å². The van der Waals surface area contributed by atoms with Gasteiger partial charge in [0.25, 0.3) is 0 Å². The summed E-state index contributed by atoms with van der Waals surface area (Å²) in [6, 6.07) is 18.3. The molecule has 0 amide bonds. The molecule has 4 nitrogen and oxygen atoms in total. The highest BCUT2D eigenvalue weighted by Crippen LogP contribution is 2.35. The molecule has 4 rings (SSSR count). The molecule has 1 aromatic carbocycles. The molecule has 1 N–H and O–H groups in total. The molecular weight excluding hydrogens is 404 g/mol. The topological polar surface area (TPSA) is 42.2 Å². The van der Waals surface area contributed by atoms with Gasteiger partial charge in [0, 0.05) is 29.1 Å². The molecule has 0 saturated heterocycles. The van der Waals surface area contributed by atoms with Crippen molar-refractivity contribution in [3.63, 3.8) is 0 Å². The first-order valence-corrected chi connectivity index (χ1v) is 11.4. The average molecular weight is 437 g/mol. The van der Waals surface area contributed by atoms with Gasteiger partial charge >= 0.3 is 0 Å². The highest BCUT2D eigenvalue weighted by Gasteiger charge is 2.28. The zero-order valence-corrected chi connectivity index (χ0v) is 20.4. The second kappa shape index (κ2) is 8.75. The summed E-state index contributed by atoms with van der Waals surface area (Å²) < 4.78 is 2.13. The van der Waals surface area contributed by atoms with Crippen molar-refractivity contribution < 1.29 is 0 Å². The number of pyridine rings is 2. The lowest BCUT2D eigenvalue weighted by Crippen LogP contribution is -2.36. The van der Waals surface area contributed by atoms with E-state index in [0.29, 0.717) is 0 Å². The van der Waals surface area contributed by atoms with Crippen molar-refractivity contribution in [1.82, 2.24) is 14.4 Å². The van der Waals surface area contributed by atoms with Crippen LogP contribution in [-0.2, 0) is 0 Å². The highest BCUT2D eigenvalue weighted by atomic mass is 15.2. The molecule has 0 unspecified atom stereocenters. The number of nitrogens with zero attached hydrogens (tertiary/aromatic N) is 3. The molecule has 4 heteroatoms. The molecule has 3 heterocycles. The van der Waals surface area contributed by atoms with Gasteiger partial charge in [0.2, 0.25) is 0 Å². The van der Waals surface area contributed by atoms with Crippen LogP contribution >= 0.6 is 0 Å². The maximum Gasteiger partial charge on any atom is 0.139 e. The monoisotopic (exact) mass is 436 g/mol. The van der Waals surface area contributed by atoms with Crippen LogP contribution in [0.15, 0.2) is 67.0 Å². The number of benzene rings is 1. The quantitative estimate of drug-likeness (QED) is 0.361. The van der Waals surface area contributed by atoms with Gasteiger partial charge in [-0.1, -0.05) is 57.0 Å². The number of hydrogen-bond acceptors (Lipinski definition) is 3. The Bertz CT molecular complexity index is 1340. The van der Waals surface area contributed by atoms with E-state index in [1.54, 1.807) is 6.20 Å². The molecule has 0 radical (unpaired) electrons. The van der Waals surface area contributed by atoms with E-state index in [1.807, 2.05) is 49.4 Å². The minimum Gasteiger partial charge on any atom is -0.364 e. The van der Waals surface area contributed by atoms with Gasteiger partial charge in [0.15, 0.2) is 0 Å². The number of hydrogen-bond donors (Lipinski definition) is 1. The summed E-state index contributed by atoms with van der Waals surface area (Å²) in [6.07, 6.45) is 4.86. The molecule has 0 saturated carbocycles. The lowest BCUT2D eigenvalue weighted by Gasteiger charge is -2.34. The predicted octanol–water partition coefficient (Wildman–Crippen LogP) is 6.73. The molecular formula is C29H32N4. The van der Waals surface area contributed by atoms with Gasteiger partial charge in [0.05, 0.1) is 0 Å².